The number of halogens is 2. The van der Waals surface area contributed by atoms with E-state index in [0.717, 1.165) is 11.1 Å². The number of hydrogen-bond donors (Lipinski definition) is 1. The summed E-state index contributed by atoms with van der Waals surface area (Å²) in [6, 6.07) is 6.49. The van der Waals surface area contributed by atoms with Crippen LogP contribution >= 0.6 is 12.4 Å². The van der Waals surface area contributed by atoms with Crippen molar-refractivity contribution in [2.45, 2.75) is 13.1 Å². The van der Waals surface area contributed by atoms with Crippen molar-refractivity contribution in [3.05, 3.63) is 53.6 Å². The minimum absolute atomic E-state index is 0. The number of benzene rings is 1. The van der Waals surface area contributed by atoms with Gasteiger partial charge in [-0.15, -0.1) is 12.4 Å². The summed E-state index contributed by atoms with van der Waals surface area (Å²) in [7, 11) is 0. The molecule has 0 aliphatic rings. The van der Waals surface area contributed by atoms with Gasteiger partial charge in [-0.2, -0.15) is 5.10 Å². The van der Waals surface area contributed by atoms with Gasteiger partial charge in [0.15, 0.2) is 0 Å². The van der Waals surface area contributed by atoms with Gasteiger partial charge < -0.3 is 5.73 Å². The Labute approximate surface area is 99.5 Å². The third-order valence-electron chi connectivity index (χ3n) is 2.16. The molecule has 16 heavy (non-hydrogen) atoms. The Morgan fingerprint density at radius 3 is 2.75 bits per heavy atom. The molecule has 0 bridgehead atoms. The summed E-state index contributed by atoms with van der Waals surface area (Å²) in [5.41, 5.74) is 7.34. The second-order valence-corrected chi connectivity index (χ2v) is 3.38. The van der Waals surface area contributed by atoms with Crippen LogP contribution in [-0.4, -0.2) is 9.78 Å². The quantitative estimate of drug-likeness (QED) is 0.893. The average molecular weight is 242 g/mol. The van der Waals surface area contributed by atoms with Gasteiger partial charge in [-0.3, -0.25) is 4.68 Å². The van der Waals surface area contributed by atoms with Crippen LogP contribution < -0.4 is 5.73 Å². The lowest BCUT2D eigenvalue weighted by molar-refractivity contribution is 0.619. The molecule has 0 radical (unpaired) electrons. The monoisotopic (exact) mass is 241 g/mol. The topological polar surface area (TPSA) is 43.8 Å². The number of aromatic nitrogens is 2. The number of nitrogens with zero attached hydrogens (tertiary/aromatic N) is 2. The summed E-state index contributed by atoms with van der Waals surface area (Å²) in [6.07, 6.45) is 3.59. The minimum Gasteiger partial charge on any atom is -0.326 e. The van der Waals surface area contributed by atoms with E-state index in [4.69, 9.17) is 5.73 Å². The van der Waals surface area contributed by atoms with Gasteiger partial charge in [0.2, 0.25) is 0 Å². The van der Waals surface area contributed by atoms with Gasteiger partial charge in [0.05, 0.1) is 12.7 Å². The van der Waals surface area contributed by atoms with Gasteiger partial charge in [0, 0.05) is 18.3 Å². The first-order chi connectivity index (χ1) is 7.28. The summed E-state index contributed by atoms with van der Waals surface area (Å²) in [5.74, 6) is -0.223. The fourth-order valence-corrected chi connectivity index (χ4v) is 1.42. The zero-order chi connectivity index (χ0) is 10.7. The third kappa shape index (κ3) is 3.05. The Morgan fingerprint density at radius 1 is 1.31 bits per heavy atom. The van der Waals surface area contributed by atoms with Crippen LogP contribution in [0.5, 0.6) is 0 Å². The van der Waals surface area contributed by atoms with Crippen LogP contribution in [-0.2, 0) is 13.1 Å². The van der Waals surface area contributed by atoms with Crippen molar-refractivity contribution in [2.24, 2.45) is 5.73 Å². The van der Waals surface area contributed by atoms with Gasteiger partial charge in [-0.1, -0.05) is 12.1 Å². The molecule has 0 aliphatic heterocycles. The maximum Gasteiger partial charge on any atom is 0.123 e. The largest absolute Gasteiger partial charge is 0.326 e. The Bertz CT molecular complexity index is 456. The van der Waals surface area contributed by atoms with Crippen molar-refractivity contribution in [2.75, 3.05) is 0 Å². The van der Waals surface area contributed by atoms with Crippen LogP contribution in [0.4, 0.5) is 4.39 Å². The molecule has 1 heterocycles. The zero-order valence-corrected chi connectivity index (χ0v) is 9.45. The van der Waals surface area contributed by atoms with Gasteiger partial charge >= 0.3 is 0 Å². The second-order valence-electron chi connectivity index (χ2n) is 3.38. The molecule has 86 valence electrons. The maximum absolute atomic E-state index is 12.9. The minimum atomic E-state index is -0.223. The Balaban J connectivity index is 0.00000128. The van der Waals surface area contributed by atoms with E-state index in [9.17, 15) is 4.39 Å². The van der Waals surface area contributed by atoms with E-state index < -0.39 is 0 Å². The number of rotatable bonds is 3. The summed E-state index contributed by atoms with van der Waals surface area (Å²) in [6.45, 7) is 1.04. The summed E-state index contributed by atoms with van der Waals surface area (Å²) < 4.78 is 14.6. The maximum atomic E-state index is 12.9. The normalized spacial score (nSPS) is 9.88. The summed E-state index contributed by atoms with van der Waals surface area (Å²) >= 11 is 0. The molecule has 5 heteroatoms. The SMILES string of the molecule is Cl.NCc1cnn(Cc2cccc(F)c2)c1. The van der Waals surface area contributed by atoms with Gasteiger partial charge in [-0.05, 0) is 17.7 Å². The van der Waals surface area contributed by atoms with Crippen molar-refractivity contribution in [3.63, 3.8) is 0 Å². The highest BCUT2D eigenvalue weighted by Gasteiger charge is 1.99. The van der Waals surface area contributed by atoms with Crippen LogP contribution in [0.25, 0.3) is 0 Å². The van der Waals surface area contributed by atoms with E-state index in [1.54, 1.807) is 16.9 Å². The van der Waals surface area contributed by atoms with Crippen LogP contribution in [0.15, 0.2) is 36.7 Å². The van der Waals surface area contributed by atoms with Crippen LogP contribution in [0.2, 0.25) is 0 Å². The van der Waals surface area contributed by atoms with Crippen molar-refractivity contribution in [1.82, 2.24) is 9.78 Å². The molecule has 1 aromatic carbocycles. The van der Waals surface area contributed by atoms with Gasteiger partial charge in [0.1, 0.15) is 5.82 Å². The molecular weight excluding hydrogens is 229 g/mol. The highest BCUT2D eigenvalue weighted by atomic mass is 35.5. The molecule has 0 fully saturated rings. The molecule has 0 amide bonds. The lowest BCUT2D eigenvalue weighted by Gasteiger charge is -2.01. The molecule has 0 aliphatic carbocycles. The van der Waals surface area contributed by atoms with Gasteiger partial charge in [-0.25, -0.2) is 4.39 Å². The predicted octanol–water partition coefficient (Wildman–Crippen LogP) is 1.95. The molecule has 2 aromatic rings. The van der Waals surface area contributed by atoms with E-state index >= 15 is 0 Å². The van der Waals surface area contributed by atoms with E-state index in [1.807, 2.05) is 12.3 Å². The van der Waals surface area contributed by atoms with E-state index in [0.29, 0.717) is 13.1 Å². The molecule has 0 atom stereocenters. The lowest BCUT2D eigenvalue weighted by Crippen LogP contribution is -2.00. The molecule has 3 nitrogen and oxygen atoms in total. The predicted molar refractivity (Wildman–Crippen MR) is 62.9 cm³/mol. The van der Waals surface area contributed by atoms with Crippen molar-refractivity contribution in [1.29, 1.82) is 0 Å². The van der Waals surface area contributed by atoms with Crippen LogP contribution in [0.3, 0.4) is 0 Å². The Morgan fingerprint density at radius 2 is 2.12 bits per heavy atom. The highest BCUT2D eigenvalue weighted by Crippen LogP contribution is 2.06. The van der Waals surface area contributed by atoms with E-state index in [1.165, 1.54) is 12.1 Å². The highest BCUT2D eigenvalue weighted by molar-refractivity contribution is 5.85. The zero-order valence-electron chi connectivity index (χ0n) is 8.64. The van der Waals surface area contributed by atoms with E-state index in [-0.39, 0.29) is 18.2 Å². The summed E-state index contributed by atoms with van der Waals surface area (Å²) in [4.78, 5) is 0. The van der Waals surface area contributed by atoms with Crippen LogP contribution in [0, 0.1) is 5.82 Å². The Kier molecular flexibility index (Phi) is 4.46. The van der Waals surface area contributed by atoms with E-state index in [2.05, 4.69) is 5.10 Å². The second kappa shape index (κ2) is 5.63. The molecule has 2 N–H and O–H groups in total. The average Bonchev–Trinajstić information content (AvgIpc) is 2.65. The first kappa shape index (κ1) is 12.7. The van der Waals surface area contributed by atoms with Crippen molar-refractivity contribution in [3.8, 4) is 0 Å². The van der Waals surface area contributed by atoms with Crippen molar-refractivity contribution >= 4 is 12.4 Å². The fourth-order valence-electron chi connectivity index (χ4n) is 1.42. The first-order valence-electron chi connectivity index (χ1n) is 4.74. The van der Waals surface area contributed by atoms with Gasteiger partial charge in [0.25, 0.3) is 0 Å². The molecule has 2 rings (SSSR count). The standard InChI is InChI=1S/C11H12FN3.ClH/c12-11-3-1-2-9(4-11)7-15-8-10(5-13)6-14-15;/h1-4,6,8H,5,7,13H2;1H. The summed E-state index contributed by atoms with van der Waals surface area (Å²) in [5, 5.41) is 4.13. The van der Waals surface area contributed by atoms with Crippen molar-refractivity contribution < 1.29 is 4.39 Å². The third-order valence-corrected chi connectivity index (χ3v) is 2.16. The molecule has 0 unspecified atom stereocenters. The smallest absolute Gasteiger partial charge is 0.123 e. The molecule has 0 saturated heterocycles. The van der Waals surface area contributed by atoms with Crippen LogP contribution in [0.1, 0.15) is 11.1 Å². The Hall–Kier alpha value is -1.39. The molecular formula is C11H13ClFN3. The molecule has 1 aromatic heterocycles. The lowest BCUT2D eigenvalue weighted by atomic mass is 10.2. The number of nitrogens with two attached hydrogens (primary N) is 1. The molecule has 0 saturated carbocycles. The first-order valence-corrected chi connectivity index (χ1v) is 4.74. The fraction of sp³-hybridized carbons (Fsp3) is 0.182. The number of hydrogen-bond acceptors (Lipinski definition) is 2. The molecule has 0 spiro atoms.